The van der Waals surface area contributed by atoms with Crippen molar-refractivity contribution in [3.05, 3.63) is 71.0 Å². The molecular formula is C19H20FN. The minimum absolute atomic E-state index is 0.0637. The van der Waals surface area contributed by atoms with Crippen LogP contribution in [0.2, 0.25) is 0 Å². The molecule has 2 aromatic carbocycles. The highest BCUT2D eigenvalue weighted by Gasteiger charge is 2.45. The van der Waals surface area contributed by atoms with Gasteiger partial charge < -0.3 is 0 Å². The van der Waals surface area contributed by atoms with Gasteiger partial charge in [0.05, 0.1) is 0 Å². The highest BCUT2D eigenvalue weighted by atomic mass is 19.1. The van der Waals surface area contributed by atoms with Crippen LogP contribution in [0.5, 0.6) is 0 Å². The smallest absolute Gasteiger partial charge is 0.127 e. The number of piperidine rings is 1. The molecule has 0 radical (unpaired) electrons. The van der Waals surface area contributed by atoms with Crippen molar-refractivity contribution in [3.8, 4) is 0 Å². The van der Waals surface area contributed by atoms with E-state index < -0.39 is 0 Å². The molecule has 0 unspecified atom stereocenters. The number of halogens is 1. The third kappa shape index (κ3) is 1.93. The number of rotatable bonds is 1. The molecule has 0 N–H and O–H groups in total. The summed E-state index contributed by atoms with van der Waals surface area (Å²) in [7, 11) is 2.21. The topological polar surface area (TPSA) is 3.24 Å². The summed E-state index contributed by atoms with van der Waals surface area (Å²) in [6, 6.07) is 16.4. The monoisotopic (exact) mass is 281 g/mol. The molecule has 2 aliphatic rings. The van der Waals surface area contributed by atoms with Crippen molar-refractivity contribution >= 4 is 0 Å². The summed E-state index contributed by atoms with van der Waals surface area (Å²) in [4.78, 5) is 2.45. The van der Waals surface area contributed by atoms with Crippen molar-refractivity contribution in [2.24, 2.45) is 5.92 Å². The van der Waals surface area contributed by atoms with Crippen molar-refractivity contribution in [2.45, 2.75) is 24.8 Å². The first-order valence-electron chi connectivity index (χ1n) is 7.81. The molecule has 1 fully saturated rings. The zero-order valence-corrected chi connectivity index (χ0v) is 12.3. The van der Waals surface area contributed by atoms with Crippen LogP contribution in [0.4, 0.5) is 4.39 Å². The lowest BCUT2D eigenvalue weighted by molar-refractivity contribution is 0.126. The minimum Gasteiger partial charge on any atom is -0.299 e. The van der Waals surface area contributed by atoms with Gasteiger partial charge >= 0.3 is 0 Å². The molecule has 1 aliphatic heterocycles. The zero-order valence-electron chi connectivity index (χ0n) is 12.3. The van der Waals surface area contributed by atoms with Crippen LogP contribution < -0.4 is 0 Å². The van der Waals surface area contributed by atoms with E-state index in [1.165, 1.54) is 24.0 Å². The predicted molar refractivity (Wildman–Crippen MR) is 82.8 cm³/mol. The van der Waals surface area contributed by atoms with Crippen LogP contribution in [0.3, 0.4) is 0 Å². The van der Waals surface area contributed by atoms with Crippen LogP contribution in [0.15, 0.2) is 48.5 Å². The van der Waals surface area contributed by atoms with Gasteiger partial charge in [-0.3, -0.25) is 4.90 Å². The van der Waals surface area contributed by atoms with E-state index in [4.69, 9.17) is 0 Å². The molecule has 1 nitrogen and oxygen atoms in total. The van der Waals surface area contributed by atoms with E-state index in [9.17, 15) is 4.39 Å². The molecule has 2 heteroatoms. The lowest BCUT2D eigenvalue weighted by atomic mass is 9.80. The van der Waals surface area contributed by atoms with Crippen molar-refractivity contribution in [3.63, 3.8) is 0 Å². The van der Waals surface area contributed by atoms with Crippen LogP contribution >= 0.6 is 0 Å². The largest absolute Gasteiger partial charge is 0.299 e. The van der Waals surface area contributed by atoms with Gasteiger partial charge in [0.25, 0.3) is 0 Å². The molecule has 4 rings (SSSR count). The van der Waals surface area contributed by atoms with Gasteiger partial charge in [0.1, 0.15) is 5.82 Å². The Morgan fingerprint density at radius 1 is 0.952 bits per heavy atom. The highest BCUT2D eigenvalue weighted by Crippen LogP contribution is 2.54. The van der Waals surface area contributed by atoms with Crippen molar-refractivity contribution in [1.29, 1.82) is 0 Å². The third-order valence-electron chi connectivity index (χ3n) is 5.25. The van der Waals surface area contributed by atoms with E-state index in [1.807, 2.05) is 12.1 Å². The van der Waals surface area contributed by atoms with E-state index in [-0.39, 0.29) is 11.7 Å². The molecule has 0 spiro atoms. The Bertz CT molecular complexity index is 666. The zero-order chi connectivity index (χ0) is 14.4. The Morgan fingerprint density at radius 3 is 2.38 bits per heavy atom. The van der Waals surface area contributed by atoms with Gasteiger partial charge in [-0.2, -0.15) is 0 Å². The average Bonchev–Trinajstić information content (AvgIpc) is 2.83. The molecule has 108 valence electrons. The standard InChI is InChI=1S/C19H20FN/c1-21-12-6-10-16-18(15-9-4-5-11-17(15)20)13-7-2-3-8-14(13)19(16)21/h2-5,7-9,11,16,18-19H,6,10,12H2,1H3/t16-,18+,19+/m0/s1. The van der Waals surface area contributed by atoms with Crippen LogP contribution in [-0.4, -0.2) is 18.5 Å². The fourth-order valence-corrected chi connectivity index (χ4v) is 4.44. The van der Waals surface area contributed by atoms with Gasteiger partial charge in [-0.05, 0) is 55.1 Å². The van der Waals surface area contributed by atoms with Crippen LogP contribution in [-0.2, 0) is 0 Å². The molecule has 1 saturated heterocycles. The SMILES string of the molecule is CN1CCC[C@H]2[C@@H](c3ccccc3F)c3ccccc3[C@H]21. The van der Waals surface area contributed by atoms with E-state index in [0.717, 1.165) is 12.1 Å². The van der Waals surface area contributed by atoms with Gasteiger partial charge in [0.15, 0.2) is 0 Å². The number of hydrogen-bond donors (Lipinski definition) is 0. The maximum absolute atomic E-state index is 14.4. The predicted octanol–water partition coefficient (Wildman–Crippen LogP) is 4.35. The minimum atomic E-state index is -0.0637. The Morgan fingerprint density at radius 2 is 1.62 bits per heavy atom. The number of hydrogen-bond acceptors (Lipinski definition) is 1. The first kappa shape index (κ1) is 13.0. The van der Waals surface area contributed by atoms with Crippen molar-refractivity contribution in [2.75, 3.05) is 13.6 Å². The second-order valence-electron chi connectivity index (χ2n) is 6.36. The fourth-order valence-electron chi connectivity index (χ4n) is 4.44. The molecule has 0 saturated carbocycles. The van der Waals surface area contributed by atoms with Gasteiger partial charge in [-0.1, -0.05) is 42.5 Å². The molecule has 0 amide bonds. The summed E-state index contributed by atoms with van der Waals surface area (Å²) in [5, 5.41) is 0. The number of fused-ring (bicyclic) bond motifs is 3. The van der Waals surface area contributed by atoms with E-state index >= 15 is 0 Å². The number of benzene rings is 2. The maximum Gasteiger partial charge on any atom is 0.127 e. The molecular weight excluding hydrogens is 261 g/mol. The lowest BCUT2D eigenvalue weighted by Crippen LogP contribution is -2.35. The van der Waals surface area contributed by atoms with Crippen LogP contribution in [0.1, 0.15) is 41.5 Å². The average molecular weight is 281 g/mol. The number of likely N-dealkylation sites (tertiary alicyclic amines) is 1. The third-order valence-corrected chi connectivity index (χ3v) is 5.25. The normalized spacial score (nSPS) is 28.2. The molecule has 1 heterocycles. The van der Waals surface area contributed by atoms with Gasteiger partial charge in [0, 0.05) is 12.0 Å². The summed E-state index contributed by atoms with van der Waals surface area (Å²) in [5.74, 6) is 0.638. The second-order valence-corrected chi connectivity index (χ2v) is 6.36. The summed E-state index contributed by atoms with van der Waals surface area (Å²) >= 11 is 0. The molecule has 3 atom stereocenters. The molecule has 0 aromatic heterocycles. The Labute approximate surface area is 125 Å². The summed E-state index contributed by atoms with van der Waals surface area (Å²) in [6.45, 7) is 1.14. The second kappa shape index (κ2) is 4.96. The fraction of sp³-hybridized carbons (Fsp3) is 0.368. The van der Waals surface area contributed by atoms with E-state index in [0.29, 0.717) is 12.0 Å². The van der Waals surface area contributed by atoms with Crippen molar-refractivity contribution in [1.82, 2.24) is 4.90 Å². The summed E-state index contributed by atoms with van der Waals surface area (Å²) in [6.07, 6.45) is 2.39. The molecule has 2 aromatic rings. The highest BCUT2D eigenvalue weighted by molar-refractivity contribution is 5.46. The lowest BCUT2D eigenvalue weighted by Gasteiger charge is -2.37. The van der Waals surface area contributed by atoms with Gasteiger partial charge in [-0.15, -0.1) is 0 Å². The molecule has 21 heavy (non-hydrogen) atoms. The van der Waals surface area contributed by atoms with Gasteiger partial charge in [0.2, 0.25) is 0 Å². The van der Waals surface area contributed by atoms with Crippen LogP contribution in [0.25, 0.3) is 0 Å². The maximum atomic E-state index is 14.4. The number of nitrogens with zero attached hydrogens (tertiary/aromatic N) is 1. The van der Waals surface area contributed by atoms with Crippen LogP contribution in [0, 0.1) is 11.7 Å². The molecule has 0 bridgehead atoms. The Kier molecular flexibility index (Phi) is 3.07. The Hall–Kier alpha value is -1.67. The Balaban J connectivity index is 1.89. The van der Waals surface area contributed by atoms with E-state index in [2.05, 4.69) is 36.2 Å². The van der Waals surface area contributed by atoms with E-state index in [1.54, 1.807) is 12.1 Å². The summed E-state index contributed by atoms with van der Waals surface area (Å²) < 4.78 is 14.4. The quantitative estimate of drug-likeness (QED) is 0.751. The first-order valence-corrected chi connectivity index (χ1v) is 7.81. The molecule has 1 aliphatic carbocycles. The van der Waals surface area contributed by atoms with Crippen molar-refractivity contribution < 1.29 is 4.39 Å². The van der Waals surface area contributed by atoms with Gasteiger partial charge in [-0.25, -0.2) is 4.39 Å². The first-order chi connectivity index (χ1) is 10.3. The summed E-state index contributed by atoms with van der Waals surface area (Å²) in [5.41, 5.74) is 3.59.